The molecular weight excluding hydrogens is 405 g/mol. The Morgan fingerprint density at radius 3 is 2.90 bits per heavy atom. The van der Waals surface area contributed by atoms with E-state index in [2.05, 4.69) is 22.0 Å². The smallest absolute Gasteiger partial charge is 0.143 e. The number of rotatable bonds is 3. The molecule has 0 fully saturated rings. The minimum atomic E-state index is 0.538. The van der Waals surface area contributed by atoms with E-state index in [0.717, 1.165) is 60.2 Å². The van der Waals surface area contributed by atoms with Gasteiger partial charge in [0.1, 0.15) is 11.6 Å². The van der Waals surface area contributed by atoms with Crippen molar-refractivity contribution >= 4 is 23.2 Å². The van der Waals surface area contributed by atoms with Gasteiger partial charge < -0.3 is 9.72 Å². The van der Waals surface area contributed by atoms with Crippen LogP contribution in [0.1, 0.15) is 28.9 Å². The number of hydrogen-bond acceptors (Lipinski definition) is 3. The lowest BCUT2D eigenvalue weighted by molar-refractivity contribution is 0.160. The lowest BCUT2D eigenvalue weighted by Gasteiger charge is -2.37. The van der Waals surface area contributed by atoms with E-state index in [9.17, 15) is 0 Å². The third-order valence-corrected chi connectivity index (χ3v) is 6.73. The van der Waals surface area contributed by atoms with Gasteiger partial charge in [-0.1, -0.05) is 35.3 Å². The molecule has 1 aromatic heterocycles. The van der Waals surface area contributed by atoms with Crippen LogP contribution in [0.2, 0.25) is 10.0 Å². The van der Waals surface area contributed by atoms with Crippen LogP contribution in [0.3, 0.4) is 0 Å². The summed E-state index contributed by atoms with van der Waals surface area (Å²) in [6.45, 7) is 1.91. The van der Waals surface area contributed by atoms with Crippen molar-refractivity contribution in [1.29, 1.82) is 0 Å². The minimum Gasteiger partial charge on any atom is -0.496 e. The van der Waals surface area contributed by atoms with Crippen molar-refractivity contribution in [2.45, 2.75) is 38.3 Å². The maximum absolute atomic E-state index is 6.46. The predicted octanol–water partition coefficient (Wildman–Crippen LogP) is 5.31. The summed E-state index contributed by atoms with van der Waals surface area (Å²) in [5.74, 6) is 1.53. The van der Waals surface area contributed by atoms with Crippen LogP contribution in [0.25, 0.3) is 11.4 Å². The van der Waals surface area contributed by atoms with E-state index in [4.69, 9.17) is 32.9 Å². The van der Waals surface area contributed by atoms with Crippen molar-refractivity contribution in [3.05, 3.63) is 69.0 Å². The monoisotopic (exact) mass is 427 g/mol. The Kier molecular flexibility index (Phi) is 5.02. The van der Waals surface area contributed by atoms with E-state index >= 15 is 0 Å². The highest BCUT2D eigenvalue weighted by molar-refractivity contribution is 6.33. The molecule has 29 heavy (non-hydrogen) atoms. The Labute approximate surface area is 180 Å². The van der Waals surface area contributed by atoms with Gasteiger partial charge in [-0.15, -0.1) is 0 Å². The first-order valence-corrected chi connectivity index (χ1v) is 10.8. The highest BCUT2D eigenvalue weighted by atomic mass is 35.5. The number of halogens is 2. The van der Waals surface area contributed by atoms with E-state index in [1.165, 1.54) is 23.2 Å². The van der Waals surface area contributed by atoms with Gasteiger partial charge in [-0.05, 0) is 54.7 Å². The number of fused-ring (bicyclic) bond motifs is 2. The number of methoxy groups -OCH3 is 1. The minimum absolute atomic E-state index is 0.538. The number of aryl methyl sites for hydroxylation is 1. The molecular formula is C23H23Cl2N3O. The van der Waals surface area contributed by atoms with E-state index in [0.29, 0.717) is 11.1 Å². The van der Waals surface area contributed by atoms with Crippen LogP contribution in [-0.2, 0) is 25.8 Å². The molecule has 6 heteroatoms. The van der Waals surface area contributed by atoms with Crippen LogP contribution < -0.4 is 4.74 Å². The van der Waals surface area contributed by atoms with Crippen molar-refractivity contribution in [1.82, 2.24) is 14.9 Å². The van der Waals surface area contributed by atoms with Gasteiger partial charge in [0, 0.05) is 30.6 Å². The number of aromatic amines is 1. The average molecular weight is 428 g/mol. The highest BCUT2D eigenvalue weighted by Gasteiger charge is 2.29. The van der Waals surface area contributed by atoms with Gasteiger partial charge in [0.05, 0.1) is 29.1 Å². The van der Waals surface area contributed by atoms with Gasteiger partial charge in [-0.25, -0.2) is 4.98 Å². The van der Waals surface area contributed by atoms with Crippen LogP contribution in [0.5, 0.6) is 5.75 Å². The SMILES string of the molecule is COc1cccc(Cl)c1-c1nc2c([nH]1)CN(C1CCc3ccc(Cl)cc3C1)CC2. The summed E-state index contributed by atoms with van der Waals surface area (Å²) in [5, 5.41) is 1.48. The van der Waals surface area contributed by atoms with Gasteiger partial charge in [0.25, 0.3) is 0 Å². The van der Waals surface area contributed by atoms with E-state index in [-0.39, 0.29) is 0 Å². The second kappa shape index (κ2) is 7.67. The molecule has 0 saturated heterocycles. The molecule has 2 heterocycles. The lowest BCUT2D eigenvalue weighted by atomic mass is 9.87. The third-order valence-electron chi connectivity index (χ3n) is 6.18. The first kappa shape index (κ1) is 19.0. The van der Waals surface area contributed by atoms with Crippen LogP contribution >= 0.6 is 23.2 Å². The zero-order valence-electron chi connectivity index (χ0n) is 16.3. The fourth-order valence-corrected chi connectivity index (χ4v) is 5.12. The Morgan fingerprint density at radius 1 is 1.14 bits per heavy atom. The Bertz CT molecular complexity index is 1060. The lowest BCUT2D eigenvalue weighted by Crippen LogP contribution is -2.42. The summed E-state index contributed by atoms with van der Waals surface area (Å²) in [6, 6.07) is 12.5. The number of nitrogens with one attached hydrogen (secondary N) is 1. The van der Waals surface area contributed by atoms with Gasteiger partial charge in [0.2, 0.25) is 0 Å². The van der Waals surface area contributed by atoms with Crippen LogP contribution in [0.15, 0.2) is 36.4 Å². The molecule has 0 radical (unpaired) electrons. The van der Waals surface area contributed by atoms with Gasteiger partial charge in [-0.2, -0.15) is 0 Å². The summed E-state index contributed by atoms with van der Waals surface area (Å²) in [5.41, 5.74) is 5.99. The molecule has 2 aliphatic rings. The van der Waals surface area contributed by atoms with Crippen molar-refractivity contribution < 1.29 is 4.74 Å². The predicted molar refractivity (Wildman–Crippen MR) is 117 cm³/mol. The Hall–Kier alpha value is -2.01. The fraction of sp³-hybridized carbons (Fsp3) is 0.348. The van der Waals surface area contributed by atoms with Gasteiger partial charge in [0.15, 0.2) is 0 Å². The van der Waals surface area contributed by atoms with Crippen molar-refractivity contribution in [2.75, 3.05) is 13.7 Å². The summed E-state index contributed by atoms with van der Waals surface area (Å²) in [4.78, 5) is 11.0. The largest absolute Gasteiger partial charge is 0.496 e. The van der Waals surface area contributed by atoms with Gasteiger partial charge >= 0.3 is 0 Å². The standard InChI is InChI=1S/C23H23Cl2N3O/c1-29-21-4-2-3-18(25)22(21)23-26-19-9-10-28(13-20(19)27-23)17-8-6-14-5-7-16(24)11-15(14)12-17/h2-5,7,11,17H,6,8-10,12-13H2,1H3,(H,26,27). The molecule has 150 valence electrons. The fourth-order valence-electron chi connectivity index (χ4n) is 4.67. The first-order chi connectivity index (χ1) is 14.1. The van der Waals surface area contributed by atoms with E-state index < -0.39 is 0 Å². The van der Waals surface area contributed by atoms with Crippen LogP contribution in [0.4, 0.5) is 0 Å². The third kappa shape index (κ3) is 3.54. The van der Waals surface area contributed by atoms with Crippen molar-refractivity contribution in [3.8, 4) is 17.1 Å². The van der Waals surface area contributed by atoms with E-state index in [1.807, 2.05) is 24.3 Å². The molecule has 4 nitrogen and oxygen atoms in total. The second-order valence-electron chi connectivity index (χ2n) is 7.86. The van der Waals surface area contributed by atoms with Crippen LogP contribution in [-0.4, -0.2) is 34.6 Å². The van der Waals surface area contributed by atoms with Gasteiger partial charge in [-0.3, -0.25) is 4.90 Å². The molecule has 5 rings (SSSR count). The Morgan fingerprint density at radius 2 is 2.03 bits per heavy atom. The topological polar surface area (TPSA) is 41.1 Å². The summed E-state index contributed by atoms with van der Waals surface area (Å²) in [7, 11) is 1.66. The maximum atomic E-state index is 6.46. The molecule has 0 spiro atoms. The number of imidazole rings is 1. The molecule has 1 aliphatic carbocycles. The number of nitrogens with zero attached hydrogens (tertiary/aromatic N) is 2. The number of ether oxygens (including phenoxy) is 1. The molecule has 1 aliphatic heterocycles. The molecule has 1 unspecified atom stereocenters. The number of hydrogen-bond donors (Lipinski definition) is 1. The zero-order valence-corrected chi connectivity index (χ0v) is 17.9. The van der Waals surface area contributed by atoms with E-state index in [1.54, 1.807) is 7.11 Å². The zero-order chi connectivity index (χ0) is 20.0. The molecule has 1 N–H and O–H groups in total. The number of benzene rings is 2. The normalized spacial score (nSPS) is 18.9. The molecule has 3 aromatic rings. The molecule has 2 aromatic carbocycles. The van der Waals surface area contributed by atoms with Crippen LogP contribution in [0, 0.1) is 0 Å². The first-order valence-electron chi connectivity index (χ1n) is 10.0. The average Bonchev–Trinajstić information content (AvgIpc) is 3.15. The van der Waals surface area contributed by atoms with Crippen molar-refractivity contribution in [3.63, 3.8) is 0 Å². The molecule has 0 bridgehead atoms. The maximum Gasteiger partial charge on any atom is 0.143 e. The summed E-state index contributed by atoms with van der Waals surface area (Å²) >= 11 is 12.7. The number of H-pyrrole nitrogens is 1. The molecule has 0 saturated carbocycles. The van der Waals surface area contributed by atoms with Crippen molar-refractivity contribution in [2.24, 2.45) is 0 Å². The summed E-state index contributed by atoms with van der Waals surface area (Å²) < 4.78 is 5.51. The quantitative estimate of drug-likeness (QED) is 0.615. The number of aromatic nitrogens is 2. The molecule has 1 atom stereocenters. The second-order valence-corrected chi connectivity index (χ2v) is 8.70. The molecule has 0 amide bonds. The highest BCUT2D eigenvalue weighted by Crippen LogP contribution is 2.36. The Balaban J connectivity index is 1.39. The summed E-state index contributed by atoms with van der Waals surface area (Å²) in [6.07, 6.45) is 4.30.